The van der Waals surface area contributed by atoms with Gasteiger partial charge in [-0.15, -0.1) is 0 Å². The van der Waals surface area contributed by atoms with Crippen molar-refractivity contribution in [1.82, 2.24) is 5.32 Å². The predicted molar refractivity (Wildman–Crippen MR) is 84.5 cm³/mol. The minimum atomic E-state index is -0.362. The number of carbonyl (C=O) groups is 2. The lowest BCUT2D eigenvalue weighted by Gasteiger charge is -2.08. The maximum Gasteiger partial charge on any atom is 0.233 e. The molecule has 5 nitrogen and oxygen atoms in total. The first-order valence-corrected chi connectivity index (χ1v) is 6.92. The van der Waals surface area contributed by atoms with E-state index in [4.69, 9.17) is 4.74 Å². The van der Waals surface area contributed by atoms with Gasteiger partial charge >= 0.3 is 0 Å². The molecule has 0 aliphatic heterocycles. The molecule has 22 heavy (non-hydrogen) atoms. The number of amides is 2. The van der Waals surface area contributed by atoms with Crippen LogP contribution in [0.2, 0.25) is 0 Å². The van der Waals surface area contributed by atoms with Crippen LogP contribution in [0, 0.1) is 0 Å². The van der Waals surface area contributed by atoms with Crippen molar-refractivity contribution in [3.8, 4) is 5.75 Å². The van der Waals surface area contributed by atoms with Gasteiger partial charge in [0.05, 0.1) is 7.11 Å². The summed E-state index contributed by atoms with van der Waals surface area (Å²) in [7, 11) is 1.55. The Hall–Kier alpha value is -2.82. The van der Waals surface area contributed by atoms with Gasteiger partial charge in [0.2, 0.25) is 11.8 Å². The largest absolute Gasteiger partial charge is 0.497 e. The molecular weight excluding hydrogens is 280 g/mol. The number of hydrogen-bond acceptors (Lipinski definition) is 3. The highest BCUT2D eigenvalue weighted by Crippen LogP contribution is 2.16. The van der Waals surface area contributed by atoms with Crippen molar-refractivity contribution in [3.63, 3.8) is 0 Å². The molecule has 0 fully saturated rings. The Morgan fingerprint density at radius 2 is 1.77 bits per heavy atom. The van der Waals surface area contributed by atoms with E-state index in [2.05, 4.69) is 10.6 Å². The number of ether oxygens (including phenoxy) is 1. The highest BCUT2D eigenvalue weighted by molar-refractivity contribution is 6.03. The molecule has 0 aromatic heterocycles. The average molecular weight is 298 g/mol. The zero-order chi connectivity index (χ0) is 15.8. The van der Waals surface area contributed by atoms with Crippen molar-refractivity contribution in [3.05, 3.63) is 60.2 Å². The number of rotatable bonds is 6. The van der Waals surface area contributed by atoms with E-state index in [0.717, 1.165) is 5.56 Å². The van der Waals surface area contributed by atoms with E-state index in [1.54, 1.807) is 31.4 Å². The van der Waals surface area contributed by atoms with Gasteiger partial charge in [0.25, 0.3) is 0 Å². The van der Waals surface area contributed by atoms with Gasteiger partial charge in [0.15, 0.2) is 0 Å². The summed E-state index contributed by atoms with van der Waals surface area (Å²) in [6.07, 6.45) is -0.218. The second-order valence-electron chi connectivity index (χ2n) is 4.72. The van der Waals surface area contributed by atoms with Gasteiger partial charge in [0.1, 0.15) is 12.2 Å². The zero-order valence-corrected chi connectivity index (χ0v) is 12.3. The molecule has 114 valence electrons. The summed E-state index contributed by atoms with van der Waals surface area (Å²) in [5.74, 6) is -0.0330. The molecule has 0 saturated heterocycles. The third-order valence-corrected chi connectivity index (χ3v) is 3.01. The molecule has 2 N–H and O–H groups in total. The molecule has 0 radical (unpaired) electrons. The van der Waals surface area contributed by atoms with Crippen LogP contribution >= 0.6 is 0 Å². The van der Waals surface area contributed by atoms with Gasteiger partial charge in [-0.3, -0.25) is 9.59 Å². The summed E-state index contributed by atoms with van der Waals surface area (Å²) in [6, 6.07) is 16.5. The van der Waals surface area contributed by atoms with Crippen LogP contribution in [0.15, 0.2) is 54.6 Å². The first-order chi connectivity index (χ1) is 10.7. The fourth-order valence-corrected chi connectivity index (χ4v) is 1.91. The monoisotopic (exact) mass is 298 g/mol. The number of carbonyl (C=O) groups excluding carboxylic acids is 2. The Bertz CT molecular complexity index is 641. The summed E-state index contributed by atoms with van der Waals surface area (Å²) in [4.78, 5) is 23.6. The third kappa shape index (κ3) is 4.94. The van der Waals surface area contributed by atoms with Gasteiger partial charge < -0.3 is 15.4 Å². The lowest BCUT2D eigenvalue weighted by atomic mass is 10.2. The average Bonchev–Trinajstić information content (AvgIpc) is 2.54. The maximum absolute atomic E-state index is 11.8. The smallest absolute Gasteiger partial charge is 0.233 e. The van der Waals surface area contributed by atoms with Crippen molar-refractivity contribution in [2.45, 2.75) is 13.0 Å². The van der Waals surface area contributed by atoms with Gasteiger partial charge in [-0.05, 0) is 17.7 Å². The first-order valence-electron chi connectivity index (χ1n) is 6.92. The second kappa shape index (κ2) is 7.83. The topological polar surface area (TPSA) is 67.4 Å². The van der Waals surface area contributed by atoms with E-state index in [9.17, 15) is 9.59 Å². The summed E-state index contributed by atoms with van der Waals surface area (Å²) in [6.45, 7) is 0.409. The molecule has 2 aromatic rings. The van der Waals surface area contributed by atoms with Crippen LogP contribution in [0.5, 0.6) is 5.75 Å². The number of benzene rings is 2. The second-order valence-corrected chi connectivity index (χ2v) is 4.72. The zero-order valence-electron chi connectivity index (χ0n) is 12.3. The maximum atomic E-state index is 11.8. The summed E-state index contributed by atoms with van der Waals surface area (Å²) >= 11 is 0. The van der Waals surface area contributed by atoms with E-state index in [1.807, 2.05) is 30.3 Å². The third-order valence-electron chi connectivity index (χ3n) is 3.01. The molecule has 0 spiro atoms. The van der Waals surface area contributed by atoms with Crippen LogP contribution < -0.4 is 15.4 Å². The normalized spacial score (nSPS) is 9.86. The molecule has 2 rings (SSSR count). The van der Waals surface area contributed by atoms with Crippen molar-refractivity contribution < 1.29 is 14.3 Å². The standard InChI is InChI=1S/C17H18N2O3/c1-22-15-9-5-8-14(10-15)19-17(21)11-16(20)18-12-13-6-3-2-4-7-13/h2-10H,11-12H2,1H3,(H,18,20)(H,19,21). The Balaban J connectivity index is 1.79. The Kier molecular flexibility index (Phi) is 5.54. The van der Waals surface area contributed by atoms with Gasteiger partial charge in [-0.2, -0.15) is 0 Å². The molecule has 0 atom stereocenters. The molecule has 0 bridgehead atoms. The van der Waals surface area contributed by atoms with Crippen LogP contribution in [-0.4, -0.2) is 18.9 Å². The molecular formula is C17H18N2O3. The van der Waals surface area contributed by atoms with Crippen molar-refractivity contribution >= 4 is 17.5 Å². The number of methoxy groups -OCH3 is 1. The molecule has 0 aliphatic rings. The summed E-state index contributed by atoms with van der Waals surface area (Å²) in [5.41, 5.74) is 1.59. The molecule has 0 heterocycles. The van der Waals surface area contributed by atoms with Crippen LogP contribution in [-0.2, 0) is 16.1 Å². The SMILES string of the molecule is COc1cccc(NC(=O)CC(=O)NCc2ccccc2)c1. The van der Waals surface area contributed by atoms with Crippen molar-refractivity contribution in [2.24, 2.45) is 0 Å². The highest BCUT2D eigenvalue weighted by atomic mass is 16.5. The molecule has 2 amide bonds. The summed E-state index contributed by atoms with van der Waals surface area (Å²) < 4.78 is 5.07. The highest BCUT2D eigenvalue weighted by Gasteiger charge is 2.09. The summed E-state index contributed by atoms with van der Waals surface area (Å²) in [5, 5.41) is 5.38. The van der Waals surface area contributed by atoms with Crippen LogP contribution in [0.3, 0.4) is 0 Å². The Labute approximate surface area is 129 Å². The molecule has 0 aliphatic carbocycles. The van der Waals surface area contributed by atoms with Crippen LogP contribution in [0.4, 0.5) is 5.69 Å². The van der Waals surface area contributed by atoms with E-state index in [1.165, 1.54) is 0 Å². The van der Waals surface area contributed by atoms with Gasteiger partial charge in [0, 0.05) is 18.3 Å². The number of nitrogens with one attached hydrogen (secondary N) is 2. The van der Waals surface area contributed by atoms with Crippen molar-refractivity contribution in [2.75, 3.05) is 12.4 Å². The quantitative estimate of drug-likeness (QED) is 0.804. The van der Waals surface area contributed by atoms with Crippen molar-refractivity contribution in [1.29, 1.82) is 0 Å². The Morgan fingerprint density at radius 3 is 2.50 bits per heavy atom. The lowest BCUT2D eigenvalue weighted by molar-refractivity contribution is -0.126. The number of hydrogen-bond donors (Lipinski definition) is 2. The minimum absolute atomic E-state index is 0.218. The van der Waals surface area contributed by atoms with Crippen LogP contribution in [0.25, 0.3) is 0 Å². The lowest BCUT2D eigenvalue weighted by Crippen LogP contribution is -2.27. The van der Waals surface area contributed by atoms with Gasteiger partial charge in [-0.1, -0.05) is 36.4 Å². The van der Waals surface area contributed by atoms with E-state index >= 15 is 0 Å². The molecule has 0 unspecified atom stereocenters. The minimum Gasteiger partial charge on any atom is -0.497 e. The van der Waals surface area contributed by atoms with E-state index in [-0.39, 0.29) is 18.2 Å². The number of anilines is 1. The predicted octanol–water partition coefficient (Wildman–Crippen LogP) is 2.34. The van der Waals surface area contributed by atoms with Gasteiger partial charge in [-0.25, -0.2) is 0 Å². The first kappa shape index (κ1) is 15.6. The molecule has 2 aromatic carbocycles. The molecule has 5 heteroatoms. The fraction of sp³-hybridized carbons (Fsp3) is 0.176. The van der Waals surface area contributed by atoms with Crippen LogP contribution in [0.1, 0.15) is 12.0 Å². The molecule has 0 saturated carbocycles. The van der Waals surface area contributed by atoms with E-state index < -0.39 is 0 Å². The Morgan fingerprint density at radius 1 is 1.00 bits per heavy atom. The van der Waals surface area contributed by atoms with E-state index in [0.29, 0.717) is 18.0 Å². The fourth-order valence-electron chi connectivity index (χ4n) is 1.91.